The minimum atomic E-state index is -0.507. The summed E-state index contributed by atoms with van der Waals surface area (Å²) in [6, 6.07) is 19.2. The van der Waals surface area contributed by atoms with Crippen molar-refractivity contribution in [2.24, 2.45) is 5.10 Å². The van der Waals surface area contributed by atoms with Gasteiger partial charge in [0.1, 0.15) is 11.5 Å². The monoisotopic (exact) mass is 494 g/mol. The first-order chi connectivity index (χ1) is 15.5. The number of halogens is 1. The molecule has 0 saturated carbocycles. The second-order valence-corrected chi connectivity index (χ2v) is 7.87. The molecule has 1 amide bonds. The molecule has 7 heteroatoms. The maximum Gasteiger partial charge on any atom is 0.343 e. The van der Waals surface area contributed by atoms with Gasteiger partial charge in [0.2, 0.25) is 0 Å². The maximum absolute atomic E-state index is 12.6. The van der Waals surface area contributed by atoms with Crippen LogP contribution in [-0.4, -0.2) is 24.7 Å². The van der Waals surface area contributed by atoms with Gasteiger partial charge in [0.15, 0.2) is 0 Å². The summed E-state index contributed by atoms with van der Waals surface area (Å²) < 4.78 is 11.9. The number of aryl methyl sites for hydroxylation is 1. The van der Waals surface area contributed by atoms with Gasteiger partial charge in [0, 0.05) is 15.6 Å². The molecule has 0 aromatic heterocycles. The molecule has 0 atom stereocenters. The Balaban J connectivity index is 1.70. The number of carbonyl (C=O) groups excluding carboxylic acids is 2. The van der Waals surface area contributed by atoms with E-state index >= 15 is 0 Å². The quantitative estimate of drug-likeness (QED) is 0.193. The van der Waals surface area contributed by atoms with Crippen LogP contribution in [0.1, 0.15) is 45.2 Å². The van der Waals surface area contributed by atoms with Crippen molar-refractivity contribution in [1.29, 1.82) is 0 Å². The van der Waals surface area contributed by atoms with Crippen molar-refractivity contribution in [3.63, 3.8) is 0 Å². The van der Waals surface area contributed by atoms with Crippen molar-refractivity contribution in [3.05, 3.63) is 93.5 Å². The molecule has 0 aliphatic carbocycles. The molecule has 0 heterocycles. The van der Waals surface area contributed by atoms with Crippen LogP contribution in [0.3, 0.4) is 0 Å². The Morgan fingerprint density at radius 2 is 1.81 bits per heavy atom. The fourth-order valence-corrected chi connectivity index (χ4v) is 3.21. The summed E-state index contributed by atoms with van der Waals surface area (Å²) >= 11 is 3.40. The van der Waals surface area contributed by atoms with Crippen molar-refractivity contribution in [2.45, 2.75) is 20.3 Å². The van der Waals surface area contributed by atoms with E-state index in [-0.39, 0.29) is 5.91 Å². The second-order valence-electron chi connectivity index (χ2n) is 6.96. The molecule has 3 aromatic carbocycles. The van der Waals surface area contributed by atoms with Crippen LogP contribution >= 0.6 is 15.9 Å². The highest BCUT2D eigenvalue weighted by Gasteiger charge is 2.12. The summed E-state index contributed by atoms with van der Waals surface area (Å²) in [5, 5.41) is 4.03. The molecule has 0 fully saturated rings. The predicted molar refractivity (Wildman–Crippen MR) is 128 cm³/mol. The lowest BCUT2D eigenvalue weighted by atomic mass is 10.1. The molecule has 6 nitrogen and oxygen atoms in total. The molecule has 3 aromatic rings. The summed E-state index contributed by atoms with van der Waals surface area (Å²) in [6.07, 6.45) is 2.34. The summed E-state index contributed by atoms with van der Waals surface area (Å²) in [6.45, 7) is 4.50. The Labute approximate surface area is 195 Å². The van der Waals surface area contributed by atoms with E-state index in [1.165, 1.54) is 6.21 Å². The fourth-order valence-electron chi connectivity index (χ4n) is 2.83. The molecule has 0 spiro atoms. The Hall–Kier alpha value is -3.45. The average molecular weight is 495 g/mol. The van der Waals surface area contributed by atoms with Crippen LogP contribution in [-0.2, 0) is 0 Å². The van der Waals surface area contributed by atoms with E-state index in [0.717, 1.165) is 16.5 Å². The van der Waals surface area contributed by atoms with Gasteiger partial charge in [0.25, 0.3) is 5.91 Å². The zero-order valence-corrected chi connectivity index (χ0v) is 19.4. The van der Waals surface area contributed by atoms with Crippen LogP contribution < -0.4 is 14.9 Å². The van der Waals surface area contributed by atoms with Gasteiger partial charge >= 0.3 is 5.97 Å². The van der Waals surface area contributed by atoms with Gasteiger partial charge in [-0.15, -0.1) is 0 Å². The number of hydrazone groups is 1. The van der Waals surface area contributed by atoms with Crippen LogP contribution in [0.2, 0.25) is 0 Å². The van der Waals surface area contributed by atoms with Gasteiger partial charge in [-0.2, -0.15) is 5.10 Å². The highest BCUT2D eigenvalue weighted by Crippen LogP contribution is 2.23. The summed E-state index contributed by atoms with van der Waals surface area (Å²) in [5.41, 5.74) is 4.82. The zero-order valence-electron chi connectivity index (χ0n) is 17.8. The molecule has 32 heavy (non-hydrogen) atoms. The Morgan fingerprint density at radius 1 is 1.06 bits per heavy atom. The van der Waals surface area contributed by atoms with Gasteiger partial charge in [-0.05, 0) is 67.4 Å². The van der Waals surface area contributed by atoms with Crippen LogP contribution in [0.5, 0.6) is 11.5 Å². The van der Waals surface area contributed by atoms with E-state index in [9.17, 15) is 9.59 Å². The van der Waals surface area contributed by atoms with Crippen LogP contribution in [0.25, 0.3) is 0 Å². The highest BCUT2D eigenvalue weighted by atomic mass is 79.9. The van der Waals surface area contributed by atoms with E-state index in [1.807, 2.05) is 26.0 Å². The second kappa shape index (κ2) is 11.2. The minimum absolute atomic E-state index is 0.318. The number of hydrogen-bond donors (Lipinski definition) is 1. The molecule has 0 unspecified atom stereocenters. The van der Waals surface area contributed by atoms with Gasteiger partial charge in [-0.25, -0.2) is 10.2 Å². The SMILES string of the molecule is CCCOc1ccc(C(=O)Oc2ccc(Br)cc2C=NNC(=O)c2ccccc2C)cc1. The van der Waals surface area contributed by atoms with Crippen LogP contribution in [0.15, 0.2) is 76.3 Å². The van der Waals surface area contributed by atoms with E-state index in [1.54, 1.807) is 54.6 Å². The molecular weight excluding hydrogens is 472 g/mol. The average Bonchev–Trinajstić information content (AvgIpc) is 2.80. The number of nitrogens with one attached hydrogen (secondary N) is 1. The maximum atomic E-state index is 12.6. The van der Waals surface area contributed by atoms with E-state index in [4.69, 9.17) is 9.47 Å². The van der Waals surface area contributed by atoms with Crippen molar-refractivity contribution in [3.8, 4) is 11.5 Å². The van der Waals surface area contributed by atoms with Crippen molar-refractivity contribution >= 4 is 34.0 Å². The third kappa shape index (κ3) is 6.28. The van der Waals surface area contributed by atoms with E-state index < -0.39 is 5.97 Å². The largest absolute Gasteiger partial charge is 0.494 e. The predicted octanol–water partition coefficient (Wildman–Crippen LogP) is 5.53. The molecule has 0 saturated heterocycles. The van der Waals surface area contributed by atoms with E-state index in [2.05, 4.69) is 26.5 Å². The van der Waals surface area contributed by atoms with Crippen LogP contribution in [0.4, 0.5) is 0 Å². The zero-order chi connectivity index (χ0) is 22.9. The number of carbonyl (C=O) groups is 2. The molecule has 1 N–H and O–H groups in total. The smallest absolute Gasteiger partial charge is 0.343 e. The molecule has 3 rings (SSSR count). The molecule has 164 valence electrons. The Morgan fingerprint density at radius 3 is 2.53 bits per heavy atom. The van der Waals surface area contributed by atoms with Gasteiger partial charge in [-0.3, -0.25) is 4.79 Å². The first-order valence-electron chi connectivity index (χ1n) is 10.1. The summed E-state index contributed by atoms with van der Waals surface area (Å²) in [5.74, 6) is 0.189. The number of benzene rings is 3. The minimum Gasteiger partial charge on any atom is -0.494 e. The number of rotatable bonds is 8. The third-order valence-electron chi connectivity index (χ3n) is 4.50. The van der Waals surface area contributed by atoms with Crippen LogP contribution in [0, 0.1) is 6.92 Å². The summed E-state index contributed by atoms with van der Waals surface area (Å²) in [4.78, 5) is 24.9. The lowest BCUT2D eigenvalue weighted by Crippen LogP contribution is -2.18. The van der Waals surface area contributed by atoms with Crippen molar-refractivity contribution in [1.82, 2.24) is 5.43 Å². The Bertz CT molecular complexity index is 1130. The molecule has 0 aliphatic heterocycles. The van der Waals surface area contributed by atoms with Gasteiger partial charge < -0.3 is 9.47 Å². The van der Waals surface area contributed by atoms with E-state index in [0.29, 0.717) is 34.8 Å². The number of esters is 1. The first-order valence-corrected chi connectivity index (χ1v) is 10.9. The van der Waals surface area contributed by atoms with Gasteiger partial charge in [-0.1, -0.05) is 41.1 Å². The normalized spacial score (nSPS) is 10.7. The topological polar surface area (TPSA) is 77.0 Å². The molecule has 0 bridgehead atoms. The molecule has 0 aliphatic rings. The third-order valence-corrected chi connectivity index (χ3v) is 4.99. The fraction of sp³-hybridized carbons (Fsp3) is 0.160. The lowest BCUT2D eigenvalue weighted by molar-refractivity contribution is 0.0734. The number of nitrogens with zero attached hydrogens (tertiary/aromatic N) is 1. The molecular formula is C25H23BrN2O4. The van der Waals surface area contributed by atoms with Gasteiger partial charge in [0.05, 0.1) is 18.4 Å². The number of hydrogen-bond acceptors (Lipinski definition) is 5. The lowest BCUT2D eigenvalue weighted by Gasteiger charge is -2.09. The molecule has 0 radical (unpaired) electrons. The Kier molecular flexibility index (Phi) is 8.16. The van der Waals surface area contributed by atoms with Crippen molar-refractivity contribution in [2.75, 3.05) is 6.61 Å². The first kappa shape index (κ1) is 23.2. The van der Waals surface area contributed by atoms with Crippen molar-refractivity contribution < 1.29 is 19.1 Å². The highest BCUT2D eigenvalue weighted by molar-refractivity contribution is 9.10. The number of amides is 1. The standard InChI is InChI=1S/C25H23BrN2O4/c1-3-14-31-21-11-8-18(9-12-21)25(30)32-23-13-10-20(26)15-19(23)16-27-28-24(29)22-7-5-4-6-17(22)2/h4-13,15-16H,3,14H2,1-2H3,(H,28,29). The number of ether oxygens (including phenoxy) is 2. The summed E-state index contributed by atoms with van der Waals surface area (Å²) in [7, 11) is 0.